The van der Waals surface area contributed by atoms with Crippen molar-refractivity contribution in [3.63, 3.8) is 0 Å². The van der Waals surface area contributed by atoms with Crippen LogP contribution in [0.4, 0.5) is 0 Å². The zero-order valence-corrected chi connectivity index (χ0v) is 12.5. The summed E-state index contributed by atoms with van der Waals surface area (Å²) in [5.74, 6) is -0.344. The topological polar surface area (TPSA) is 95.9 Å². The lowest BCUT2D eigenvalue weighted by Gasteiger charge is -2.19. The fourth-order valence-corrected chi connectivity index (χ4v) is 2.25. The van der Waals surface area contributed by atoms with Crippen molar-refractivity contribution in [3.8, 4) is 0 Å². The Morgan fingerprint density at radius 1 is 1.05 bits per heavy atom. The van der Waals surface area contributed by atoms with Gasteiger partial charge in [0, 0.05) is 5.56 Å². The monoisotopic (exact) mass is 321 g/mol. The van der Waals surface area contributed by atoms with Crippen LogP contribution in [0.3, 0.4) is 0 Å². The van der Waals surface area contributed by atoms with E-state index in [2.05, 4.69) is 9.84 Å². The van der Waals surface area contributed by atoms with Crippen LogP contribution >= 0.6 is 7.82 Å². The zero-order chi connectivity index (χ0) is 16.0. The molecule has 2 rings (SSSR count). The van der Waals surface area contributed by atoms with Crippen molar-refractivity contribution in [2.24, 2.45) is 0 Å². The minimum atomic E-state index is -4.61. The van der Waals surface area contributed by atoms with Gasteiger partial charge < -0.3 is 15.1 Å². The molecule has 0 unspecified atom stereocenters. The smallest absolute Gasteiger partial charge is 0.343 e. The van der Waals surface area contributed by atoms with Crippen LogP contribution in [0.2, 0.25) is 0 Å². The molecule has 2 aromatic carbocycles. The second kappa shape index (κ2) is 7.33. The van der Waals surface area contributed by atoms with E-state index in [-0.39, 0.29) is 12.5 Å². The van der Waals surface area contributed by atoms with Crippen LogP contribution in [0.5, 0.6) is 0 Å². The molecule has 0 aromatic heterocycles. The minimum Gasteiger partial charge on any atom is -0.343 e. The van der Waals surface area contributed by atoms with E-state index in [0.29, 0.717) is 11.1 Å². The predicted octanol–water partition coefficient (Wildman–Crippen LogP) is 2.27. The molecule has 0 radical (unpaired) electrons. The Morgan fingerprint density at radius 3 is 2.14 bits per heavy atom. The number of hydrogen-bond acceptors (Lipinski definition) is 3. The van der Waals surface area contributed by atoms with Gasteiger partial charge in [0.25, 0.3) is 5.91 Å². The summed E-state index contributed by atoms with van der Waals surface area (Å²) in [5.41, 5.74) is 1.15. The quantitative estimate of drug-likeness (QED) is 0.709. The maximum absolute atomic E-state index is 12.2. The lowest BCUT2D eigenvalue weighted by atomic mass is 10.1. The summed E-state index contributed by atoms with van der Waals surface area (Å²) in [6.45, 7) is -0.327. The van der Waals surface area contributed by atoms with Crippen LogP contribution in [0.15, 0.2) is 60.7 Å². The molecule has 22 heavy (non-hydrogen) atoms. The molecule has 0 aliphatic rings. The third-order valence-corrected chi connectivity index (χ3v) is 3.44. The van der Waals surface area contributed by atoms with Crippen LogP contribution in [0.25, 0.3) is 0 Å². The highest BCUT2D eigenvalue weighted by Gasteiger charge is 2.21. The highest BCUT2D eigenvalue weighted by molar-refractivity contribution is 7.46. The molecule has 0 saturated heterocycles. The molecule has 3 N–H and O–H groups in total. The highest BCUT2D eigenvalue weighted by atomic mass is 31.2. The molecule has 1 atom stereocenters. The van der Waals surface area contributed by atoms with Gasteiger partial charge in [-0.3, -0.25) is 9.32 Å². The molecule has 6 nitrogen and oxygen atoms in total. The summed E-state index contributed by atoms with van der Waals surface area (Å²) in [5, 5.41) is 2.71. The van der Waals surface area contributed by atoms with E-state index in [4.69, 9.17) is 9.79 Å². The first-order valence-electron chi connectivity index (χ1n) is 6.56. The molecular formula is C15H16NO5P. The first-order valence-corrected chi connectivity index (χ1v) is 8.10. The molecule has 0 bridgehead atoms. The number of rotatable bonds is 6. The number of carbonyl (C=O) groups excluding carboxylic acids is 1. The normalized spacial score (nSPS) is 12.6. The fraction of sp³-hybridized carbons (Fsp3) is 0.133. The predicted molar refractivity (Wildman–Crippen MR) is 81.1 cm³/mol. The molecule has 7 heteroatoms. The Hall–Kier alpha value is -1.98. The Kier molecular flexibility index (Phi) is 5.46. The average molecular weight is 321 g/mol. The molecule has 0 fully saturated rings. The van der Waals surface area contributed by atoms with Crippen molar-refractivity contribution in [3.05, 3.63) is 71.8 Å². The zero-order valence-electron chi connectivity index (χ0n) is 11.6. The molecule has 0 saturated carbocycles. The van der Waals surface area contributed by atoms with Gasteiger partial charge in [0.05, 0.1) is 12.6 Å². The van der Waals surface area contributed by atoms with Gasteiger partial charge in [0.15, 0.2) is 0 Å². The lowest BCUT2D eigenvalue weighted by molar-refractivity contribution is 0.0909. The minimum absolute atomic E-state index is 0.327. The Morgan fingerprint density at radius 2 is 1.59 bits per heavy atom. The van der Waals surface area contributed by atoms with E-state index < -0.39 is 13.9 Å². The third-order valence-electron chi connectivity index (χ3n) is 2.95. The maximum Gasteiger partial charge on any atom is 0.469 e. The number of hydrogen-bond donors (Lipinski definition) is 3. The molecule has 0 aliphatic heterocycles. The van der Waals surface area contributed by atoms with Gasteiger partial charge in [0.2, 0.25) is 0 Å². The van der Waals surface area contributed by atoms with Gasteiger partial charge in [-0.1, -0.05) is 48.5 Å². The largest absolute Gasteiger partial charge is 0.469 e. The summed E-state index contributed by atoms with van der Waals surface area (Å²) in [7, 11) is -4.61. The lowest BCUT2D eigenvalue weighted by Crippen LogP contribution is -2.31. The van der Waals surface area contributed by atoms with Crippen molar-refractivity contribution < 1.29 is 23.7 Å². The van der Waals surface area contributed by atoms with Gasteiger partial charge in [-0.05, 0) is 17.7 Å². The van der Waals surface area contributed by atoms with Crippen molar-refractivity contribution in [2.45, 2.75) is 6.04 Å². The number of carbonyl (C=O) groups is 1. The Bertz CT molecular complexity index is 656. The summed E-state index contributed by atoms with van der Waals surface area (Å²) in [6.07, 6.45) is 0. The van der Waals surface area contributed by atoms with Gasteiger partial charge in [-0.25, -0.2) is 4.57 Å². The van der Waals surface area contributed by atoms with E-state index in [1.165, 1.54) is 0 Å². The van der Waals surface area contributed by atoms with Crippen LogP contribution in [-0.2, 0) is 9.09 Å². The molecule has 2 aromatic rings. The van der Waals surface area contributed by atoms with Crippen LogP contribution in [0.1, 0.15) is 22.0 Å². The maximum atomic E-state index is 12.2. The molecule has 116 valence electrons. The van der Waals surface area contributed by atoms with E-state index in [9.17, 15) is 9.36 Å². The molecule has 1 amide bonds. The Labute approximate surface area is 128 Å². The Balaban J connectivity index is 2.14. The number of phosphoric ester groups is 1. The average Bonchev–Trinajstić information content (AvgIpc) is 2.52. The van der Waals surface area contributed by atoms with Crippen LogP contribution in [-0.4, -0.2) is 22.3 Å². The fourth-order valence-electron chi connectivity index (χ4n) is 1.91. The van der Waals surface area contributed by atoms with Gasteiger partial charge in [0.1, 0.15) is 0 Å². The summed E-state index contributed by atoms with van der Waals surface area (Å²) < 4.78 is 15.4. The number of amides is 1. The summed E-state index contributed by atoms with van der Waals surface area (Å²) in [6, 6.07) is 16.8. The first-order chi connectivity index (χ1) is 10.5. The number of nitrogens with one attached hydrogen (secondary N) is 1. The second-order valence-corrected chi connectivity index (χ2v) is 5.83. The number of phosphoric acid groups is 1. The van der Waals surface area contributed by atoms with Crippen molar-refractivity contribution >= 4 is 13.7 Å². The molecule has 0 aliphatic carbocycles. The highest BCUT2D eigenvalue weighted by Crippen LogP contribution is 2.37. The van der Waals surface area contributed by atoms with Gasteiger partial charge >= 0.3 is 7.82 Å². The molecule has 0 heterocycles. The number of benzene rings is 2. The van der Waals surface area contributed by atoms with E-state index in [1.54, 1.807) is 54.6 Å². The molecular weight excluding hydrogens is 305 g/mol. The second-order valence-electron chi connectivity index (χ2n) is 4.59. The van der Waals surface area contributed by atoms with Crippen molar-refractivity contribution in [2.75, 3.05) is 6.61 Å². The van der Waals surface area contributed by atoms with E-state index in [1.807, 2.05) is 6.07 Å². The van der Waals surface area contributed by atoms with Crippen molar-refractivity contribution in [1.82, 2.24) is 5.32 Å². The van der Waals surface area contributed by atoms with E-state index in [0.717, 1.165) is 0 Å². The van der Waals surface area contributed by atoms with Crippen LogP contribution in [0, 0.1) is 0 Å². The standard InChI is InChI=1S/C15H16NO5P/c17-15(13-9-5-2-6-10-13)16-14(11-21-22(18,19)20)12-7-3-1-4-8-12/h1-10,14H,11H2,(H,16,17)(H2,18,19,20)/t14-/m0/s1. The SMILES string of the molecule is O=C(N[C@@H](COP(=O)(O)O)c1ccccc1)c1ccccc1. The van der Waals surface area contributed by atoms with Gasteiger partial charge in [-0.15, -0.1) is 0 Å². The van der Waals surface area contributed by atoms with Crippen molar-refractivity contribution in [1.29, 1.82) is 0 Å². The van der Waals surface area contributed by atoms with Gasteiger partial charge in [-0.2, -0.15) is 0 Å². The third kappa shape index (κ3) is 5.09. The summed E-state index contributed by atoms with van der Waals surface area (Å²) >= 11 is 0. The van der Waals surface area contributed by atoms with E-state index >= 15 is 0 Å². The first kappa shape index (κ1) is 16.4. The van der Waals surface area contributed by atoms with Crippen LogP contribution < -0.4 is 5.32 Å². The summed E-state index contributed by atoms with van der Waals surface area (Å²) in [4.78, 5) is 29.9. The molecule has 0 spiro atoms.